The third-order valence-corrected chi connectivity index (χ3v) is 6.84. The largest absolute Gasteiger partial charge is 0.487 e. The first kappa shape index (κ1) is 23.6. The average Bonchev–Trinajstić information content (AvgIpc) is 2.81. The molecule has 9 heteroatoms. The second-order valence-corrected chi connectivity index (χ2v) is 9.31. The summed E-state index contributed by atoms with van der Waals surface area (Å²) in [5, 5.41) is 19.0. The Morgan fingerprint density at radius 2 is 2.15 bits per heavy atom. The Labute approximate surface area is 200 Å². The zero-order valence-electron chi connectivity index (χ0n) is 18.1. The minimum atomic E-state index is -0.958. The van der Waals surface area contributed by atoms with Gasteiger partial charge in [-0.15, -0.1) is 0 Å². The molecule has 2 heterocycles. The number of carbonyl (C=O) groups is 1. The van der Waals surface area contributed by atoms with Crippen molar-refractivity contribution in [3.8, 4) is 23.2 Å². The molecule has 172 valence electrons. The number of nitrogens with zero attached hydrogens (tertiary/aromatic N) is 1. The van der Waals surface area contributed by atoms with Crippen LogP contribution in [0, 0.1) is 17.0 Å². The number of hydrogen-bond donors (Lipinski definition) is 1. The fourth-order valence-corrected chi connectivity index (χ4v) is 4.73. The summed E-state index contributed by atoms with van der Waals surface area (Å²) in [5.74, 6) is 1.54. The number of carboxylic acids is 1. The van der Waals surface area contributed by atoms with Gasteiger partial charge in [0.25, 0.3) is 6.71 Å². The Balaban J connectivity index is 1.68. The lowest BCUT2D eigenvalue weighted by molar-refractivity contribution is -0.137. The number of fused-ring (bicyclic) bond motifs is 1. The lowest BCUT2D eigenvalue weighted by Crippen LogP contribution is -2.30. The smallest absolute Gasteiger partial charge is 0.303 e. The minimum absolute atomic E-state index is 0.00418. The van der Waals surface area contributed by atoms with E-state index < -0.39 is 24.3 Å². The van der Waals surface area contributed by atoms with Crippen molar-refractivity contribution in [1.82, 2.24) is 0 Å². The van der Waals surface area contributed by atoms with Crippen LogP contribution in [-0.4, -0.2) is 37.1 Å². The van der Waals surface area contributed by atoms with Crippen LogP contribution in [0.5, 0.6) is 17.2 Å². The number of nitriles is 1. The van der Waals surface area contributed by atoms with E-state index in [9.17, 15) is 19.6 Å². The van der Waals surface area contributed by atoms with Crippen LogP contribution in [0.3, 0.4) is 0 Å². The molecule has 2 aliphatic heterocycles. The Morgan fingerprint density at radius 3 is 2.85 bits per heavy atom. The van der Waals surface area contributed by atoms with Crippen molar-refractivity contribution in [1.29, 1.82) is 5.26 Å². The number of benzene rings is 2. The Kier molecular flexibility index (Phi) is 7.56. The molecule has 0 spiro atoms. The predicted molar refractivity (Wildman–Crippen MR) is 125 cm³/mol. The molecular formula is C24H24BBrFNO5. The molecule has 2 aliphatic rings. The van der Waals surface area contributed by atoms with Crippen LogP contribution in [0.2, 0.25) is 6.32 Å². The maximum absolute atomic E-state index is 14.1. The van der Waals surface area contributed by atoms with Gasteiger partial charge < -0.3 is 19.3 Å². The van der Waals surface area contributed by atoms with Gasteiger partial charge >= 0.3 is 5.97 Å². The van der Waals surface area contributed by atoms with Gasteiger partial charge in [0.05, 0.1) is 10.6 Å². The molecule has 0 aliphatic carbocycles. The second-order valence-electron chi connectivity index (χ2n) is 8.45. The summed E-state index contributed by atoms with van der Waals surface area (Å²) in [6.45, 7) is 0.684. The van der Waals surface area contributed by atoms with Gasteiger partial charge in [-0.25, -0.2) is 9.65 Å². The minimum Gasteiger partial charge on any atom is -0.487 e. The van der Waals surface area contributed by atoms with Gasteiger partial charge in [0.1, 0.15) is 18.2 Å². The van der Waals surface area contributed by atoms with Gasteiger partial charge in [0, 0.05) is 25.1 Å². The van der Waals surface area contributed by atoms with Crippen molar-refractivity contribution in [3.05, 3.63) is 51.7 Å². The topological polar surface area (TPSA) is 88.8 Å². The van der Waals surface area contributed by atoms with Crippen LogP contribution >= 0.6 is 15.9 Å². The molecule has 0 aromatic heterocycles. The Morgan fingerprint density at radius 1 is 1.30 bits per heavy atom. The highest BCUT2D eigenvalue weighted by atomic mass is 79.9. The molecular weight excluding hydrogens is 492 g/mol. The van der Waals surface area contributed by atoms with Gasteiger partial charge in [-0.05, 0) is 82.8 Å². The SMILES string of the molecule is N#CB1CCc2cc(OCC3CCCCO3)c(Oc3ccc(Br)c(F)c3)cc2C1CC(=O)O. The van der Waals surface area contributed by atoms with E-state index in [4.69, 9.17) is 14.2 Å². The number of hydrogen-bond acceptors (Lipinski definition) is 5. The highest BCUT2D eigenvalue weighted by Crippen LogP contribution is 2.42. The summed E-state index contributed by atoms with van der Waals surface area (Å²) in [7, 11) is 0. The standard InChI is InChI=1S/C24H24BBrFNO5/c26-20-5-4-16(10-21(20)27)33-23-11-18-15(6-7-25(14-28)19(18)12-24(29)30)9-22(23)32-13-17-3-1-2-8-31-17/h4-5,9-11,17,19H,1-3,6-8,12-13H2,(H,29,30). The molecule has 2 aromatic rings. The number of carboxylic acid groups (broad SMARTS) is 1. The van der Waals surface area contributed by atoms with Crippen LogP contribution in [0.15, 0.2) is 34.8 Å². The van der Waals surface area contributed by atoms with E-state index in [1.54, 1.807) is 18.2 Å². The molecule has 1 fully saturated rings. The maximum Gasteiger partial charge on any atom is 0.303 e. The second kappa shape index (κ2) is 10.6. The number of aliphatic carboxylic acids is 1. The molecule has 0 bridgehead atoms. The molecule has 2 aromatic carbocycles. The first-order valence-electron chi connectivity index (χ1n) is 11.1. The van der Waals surface area contributed by atoms with E-state index in [0.29, 0.717) is 41.9 Å². The van der Waals surface area contributed by atoms with E-state index in [-0.39, 0.29) is 18.3 Å². The van der Waals surface area contributed by atoms with Crippen LogP contribution in [0.25, 0.3) is 0 Å². The molecule has 33 heavy (non-hydrogen) atoms. The average molecular weight is 516 g/mol. The Bertz CT molecular complexity index is 1070. The fourth-order valence-electron chi connectivity index (χ4n) is 4.48. The number of ether oxygens (including phenoxy) is 3. The quantitative estimate of drug-likeness (QED) is 0.487. The van der Waals surface area contributed by atoms with Crippen molar-refractivity contribution in [3.63, 3.8) is 0 Å². The summed E-state index contributed by atoms with van der Waals surface area (Å²) in [4.78, 5) is 11.5. The molecule has 0 radical (unpaired) electrons. The molecule has 2 atom stereocenters. The monoisotopic (exact) mass is 515 g/mol. The third-order valence-electron chi connectivity index (χ3n) is 6.19. The molecule has 1 saturated heterocycles. The van der Waals surface area contributed by atoms with E-state index in [1.807, 2.05) is 6.07 Å². The summed E-state index contributed by atoms with van der Waals surface area (Å²) < 4.78 is 32.3. The van der Waals surface area contributed by atoms with Crippen LogP contribution < -0.4 is 9.47 Å². The van der Waals surface area contributed by atoms with E-state index >= 15 is 0 Å². The zero-order valence-corrected chi connectivity index (χ0v) is 19.6. The molecule has 2 unspecified atom stereocenters. The van der Waals surface area contributed by atoms with E-state index in [0.717, 1.165) is 30.4 Å². The van der Waals surface area contributed by atoms with Gasteiger partial charge in [-0.3, -0.25) is 4.79 Å². The summed E-state index contributed by atoms with van der Waals surface area (Å²) >= 11 is 3.14. The highest BCUT2D eigenvalue weighted by molar-refractivity contribution is 9.10. The van der Waals surface area contributed by atoms with E-state index in [2.05, 4.69) is 21.9 Å². The van der Waals surface area contributed by atoms with Gasteiger partial charge in [-0.2, -0.15) is 0 Å². The van der Waals surface area contributed by atoms with Crippen LogP contribution in [-0.2, 0) is 16.0 Å². The Hall–Kier alpha value is -2.57. The molecule has 0 saturated carbocycles. The van der Waals surface area contributed by atoms with Crippen molar-refractivity contribution in [2.75, 3.05) is 13.2 Å². The molecule has 0 amide bonds. The summed E-state index contributed by atoms with van der Waals surface area (Å²) in [6.07, 6.45) is 4.14. The number of halogens is 2. The van der Waals surface area contributed by atoms with Crippen LogP contribution in [0.4, 0.5) is 4.39 Å². The predicted octanol–water partition coefficient (Wildman–Crippen LogP) is 5.54. The first-order valence-corrected chi connectivity index (χ1v) is 11.9. The molecule has 1 N–H and O–H groups in total. The van der Waals surface area contributed by atoms with Crippen LogP contribution in [0.1, 0.15) is 42.6 Å². The maximum atomic E-state index is 14.1. The van der Waals surface area contributed by atoms with Gasteiger partial charge in [0.15, 0.2) is 11.5 Å². The fraction of sp³-hybridized carbons (Fsp3) is 0.417. The summed E-state index contributed by atoms with van der Waals surface area (Å²) in [5.41, 5.74) is 1.71. The van der Waals surface area contributed by atoms with Crippen molar-refractivity contribution < 1.29 is 28.5 Å². The summed E-state index contributed by atoms with van der Waals surface area (Å²) in [6, 6.07) is 8.07. The molecule has 6 nitrogen and oxygen atoms in total. The number of rotatable bonds is 7. The highest BCUT2D eigenvalue weighted by Gasteiger charge is 2.36. The van der Waals surface area contributed by atoms with Gasteiger partial charge in [0.2, 0.25) is 0 Å². The number of aryl methyl sites for hydroxylation is 1. The van der Waals surface area contributed by atoms with Crippen molar-refractivity contribution in [2.24, 2.45) is 0 Å². The third kappa shape index (κ3) is 5.68. The zero-order chi connectivity index (χ0) is 23.4. The lowest BCUT2D eigenvalue weighted by atomic mass is 9.35. The molecule has 4 rings (SSSR count). The van der Waals surface area contributed by atoms with Crippen molar-refractivity contribution >= 4 is 28.6 Å². The van der Waals surface area contributed by atoms with Crippen molar-refractivity contribution in [2.45, 2.75) is 50.3 Å². The normalized spacial score (nSPS) is 20.0. The first-order chi connectivity index (χ1) is 15.9. The van der Waals surface area contributed by atoms with E-state index in [1.165, 1.54) is 6.07 Å². The van der Waals surface area contributed by atoms with Gasteiger partial charge in [-0.1, -0.05) is 6.32 Å². The lowest BCUT2D eigenvalue weighted by Gasteiger charge is -2.29.